The smallest absolute Gasteiger partial charge is 0.240 e. The average Bonchev–Trinajstić information content (AvgIpc) is 2.94. The first kappa shape index (κ1) is 31.8. The van der Waals surface area contributed by atoms with Crippen molar-refractivity contribution < 1.29 is 18.0 Å². The molecule has 0 fully saturated rings. The second kappa shape index (κ2) is 14.8. The van der Waals surface area contributed by atoms with E-state index in [0.717, 1.165) is 42.9 Å². The van der Waals surface area contributed by atoms with Gasteiger partial charge in [-0.3, -0.25) is 9.59 Å². The van der Waals surface area contributed by atoms with Crippen LogP contribution in [0.5, 0.6) is 0 Å². The van der Waals surface area contributed by atoms with Crippen LogP contribution in [-0.2, 0) is 32.6 Å². The van der Waals surface area contributed by atoms with Gasteiger partial charge in [-0.25, -0.2) is 13.1 Å². The van der Waals surface area contributed by atoms with Crippen LogP contribution in [0.2, 0.25) is 0 Å². The molecule has 0 aromatic heterocycles. The molecule has 0 radical (unpaired) electrons. The van der Waals surface area contributed by atoms with Crippen molar-refractivity contribution in [1.82, 2.24) is 14.5 Å². The third kappa shape index (κ3) is 9.14. The van der Waals surface area contributed by atoms with Crippen molar-refractivity contribution in [3.05, 3.63) is 59.7 Å². The van der Waals surface area contributed by atoms with Crippen LogP contribution in [0.3, 0.4) is 0 Å². The minimum absolute atomic E-state index is 0.0468. The Bertz CT molecular complexity index is 1230. The fourth-order valence-corrected chi connectivity index (χ4v) is 5.86. The molecule has 0 aliphatic carbocycles. The molecule has 0 saturated carbocycles. The third-order valence-electron chi connectivity index (χ3n) is 7.18. The first-order valence-electron chi connectivity index (χ1n) is 14.4. The lowest BCUT2D eigenvalue weighted by atomic mass is 10.1. The van der Waals surface area contributed by atoms with Gasteiger partial charge in [0.15, 0.2) is 0 Å². The lowest BCUT2D eigenvalue weighted by molar-refractivity contribution is -0.132. The second-order valence-electron chi connectivity index (χ2n) is 11.5. The lowest BCUT2D eigenvalue weighted by Crippen LogP contribution is -2.40. The van der Waals surface area contributed by atoms with Gasteiger partial charge in [0, 0.05) is 51.3 Å². The SMILES string of the molecule is CNS(=O)(=O)c1ccc(CCC(=O)N2CCN(CC(C)C)CCCN(C(=O)CC(C)C)c3ccccc3C2)cc1. The summed E-state index contributed by atoms with van der Waals surface area (Å²) in [6.07, 6.45) is 2.20. The summed E-state index contributed by atoms with van der Waals surface area (Å²) in [7, 11) is -2.11. The number of carbonyl (C=O) groups is 2. The molecule has 1 aliphatic rings. The number of sulfonamides is 1. The zero-order valence-corrected chi connectivity index (χ0v) is 25.5. The van der Waals surface area contributed by atoms with E-state index in [-0.39, 0.29) is 22.6 Å². The van der Waals surface area contributed by atoms with Crippen LogP contribution in [0.25, 0.3) is 0 Å². The maximum Gasteiger partial charge on any atom is 0.240 e. The number of rotatable bonds is 9. The molecular weight excluding hydrogens is 524 g/mol. The fraction of sp³-hybridized carbons (Fsp3) is 0.548. The predicted octanol–water partition coefficient (Wildman–Crippen LogP) is 4.30. The van der Waals surface area contributed by atoms with Gasteiger partial charge in [0.05, 0.1) is 4.90 Å². The molecule has 2 aromatic carbocycles. The number of hydrogen-bond acceptors (Lipinski definition) is 5. The Labute approximate surface area is 240 Å². The quantitative estimate of drug-likeness (QED) is 0.486. The van der Waals surface area contributed by atoms with Crippen LogP contribution in [0.15, 0.2) is 53.4 Å². The van der Waals surface area contributed by atoms with Gasteiger partial charge in [0.25, 0.3) is 0 Å². The molecule has 2 aromatic rings. The summed E-state index contributed by atoms with van der Waals surface area (Å²) in [6.45, 7) is 12.8. The number of amides is 2. The molecule has 3 rings (SSSR count). The maximum atomic E-state index is 13.6. The first-order chi connectivity index (χ1) is 19.0. The van der Waals surface area contributed by atoms with Crippen molar-refractivity contribution in [3.8, 4) is 0 Å². The van der Waals surface area contributed by atoms with E-state index in [1.54, 1.807) is 24.3 Å². The third-order valence-corrected chi connectivity index (χ3v) is 8.61. The largest absolute Gasteiger partial charge is 0.337 e. The Morgan fingerprint density at radius 2 is 1.57 bits per heavy atom. The molecule has 9 heteroatoms. The summed E-state index contributed by atoms with van der Waals surface area (Å²) in [4.78, 5) is 33.4. The van der Waals surface area contributed by atoms with Crippen molar-refractivity contribution in [2.24, 2.45) is 11.8 Å². The van der Waals surface area contributed by atoms with Crippen molar-refractivity contribution >= 4 is 27.5 Å². The molecule has 1 N–H and O–H groups in total. The highest BCUT2D eigenvalue weighted by Crippen LogP contribution is 2.25. The van der Waals surface area contributed by atoms with E-state index in [4.69, 9.17) is 0 Å². The highest BCUT2D eigenvalue weighted by atomic mass is 32.2. The van der Waals surface area contributed by atoms with Gasteiger partial charge in [0.2, 0.25) is 21.8 Å². The lowest BCUT2D eigenvalue weighted by Gasteiger charge is -2.29. The van der Waals surface area contributed by atoms with Gasteiger partial charge in [0.1, 0.15) is 0 Å². The van der Waals surface area contributed by atoms with Gasteiger partial charge in [-0.1, -0.05) is 58.0 Å². The normalized spacial score (nSPS) is 15.7. The molecule has 40 heavy (non-hydrogen) atoms. The van der Waals surface area contributed by atoms with E-state index >= 15 is 0 Å². The highest BCUT2D eigenvalue weighted by molar-refractivity contribution is 7.89. The number of aryl methyl sites for hydroxylation is 1. The van der Waals surface area contributed by atoms with Crippen LogP contribution in [0, 0.1) is 11.8 Å². The number of hydrogen-bond donors (Lipinski definition) is 1. The van der Waals surface area contributed by atoms with Crippen LogP contribution in [0.4, 0.5) is 5.69 Å². The highest BCUT2D eigenvalue weighted by Gasteiger charge is 2.24. The average molecular weight is 571 g/mol. The topological polar surface area (TPSA) is 90.0 Å². The zero-order valence-electron chi connectivity index (χ0n) is 24.7. The summed E-state index contributed by atoms with van der Waals surface area (Å²) < 4.78 is 26.4. The first-order valence-corrected chi connectivity index (χ1v) is 15.9. The van der Waals surface area contributed by atoms with E-state index < -0.39 is 10.0 Å². The maximum absolute atomic E-state index is 13.6. The van der Waals surface area contributed by atoms with Gasteiger partial charge in [-0.15, -0.1) is 0 Å². The number of para-hydroxylation sites is 1. The zero-order chi connectivity index (χ0) is 29.3. The number of carbonyl (C=O) groups excluding carboxylic acids is 2. The summed E-state index contributed by atoms with van der Waals surface area (Å²) in [5.41, 5.74) is 2.78. The molecule has 0 atom stereocenters. The summed E-state index contributed by atoms with van der Waals surface area (Å²) in [6, 6.07) is 14.6. The van der Waals surface area contributed by atoms with Crippen LogP contribution in [0.1, 0.15) is 58.1 Å². The molecule has 1 heterocycles. The Hall–Kier alpha value is -2.75. The summed E-state index contributed by atoms with van der Waals surface area (Å²) in [5, 5.41) is 0. The minimum atomic E-state index is -3.50. The van der Waals surface area contributed by atoms with E-state index in [2.05, 4.69) is 37.3 Å². The number of nitrogens with one attached hydrogen (secondary N) is 1. The second-order valence-corrected chi connectivity index (χ2v) is 13.4. The Kier molecular flexibility index (Phi) is 11.7. The molecule has 8 nitrogen and oxygen atoms in total. The van der Waals surface area contributed by atoms with Gasteiger partial charge < -0.3 is 14.7 Å². The number of anilines is 1. The Balaban J connectivity index is 1.84. The van der Waals surface area contributed by atoms with Crippen LogP contribution >= 0.6 is 0 Å². The number of nitrogens with zero attached hydrogens (tertiary/aromatic N) is 3. The molecule has 1 aliphatic heterocycles. The summed E-state index contributed by atoms with van der Waals surface area (Å²) in [5.74, 6) is 0.935. The number of benzene rings is 2. The van der Waals surface area contributed by atoms with Crippen molar-refractivity contribution in [2.75, 3.05) is 44.7 Å². The minimum Gasteiger partial charge on any atom is -0.337 e. The molecule has 0 saturated heterocycles. The molecule has 0 bridgehead atoms. The molecule has 0 unspecified atom stereocenters. The molecule has 2 amide bonds. The summed E-state index contributed by atoms with van der Waals surface area (Å²) >= 11 is 0. The molecule has 0 spiro atoms. The fourth-order valence-electron chi connectivity index (χ4n) is 5.13. The predicted molar refractivity (Wildman–Crippen MR) is 161 cm³/mol. The number of fused-ring (bicyclic) bond motifs is 1. The molecular formula is C31H46N4O4S. The van der Waals surface area contributed by atoms with E-state index in [1.807, 2.05) is 34.1 Å². The monoisotopic (exact) mass is 570 g/mol. The standard InChI is InChI=1S/C31H46N4O4S/c1-24(2)21-31(37)35-18-8-17-33(22-25(3)4)19-20-34(23-27-9-6-7-10-29(27)35)30(36)16-13-26-11-14-28(15-12-26)40(38,39)32-5/h6-7,9-12,14-15,24-25,32H,8,13,16-23H2,1-5H3. The van der Waals surface area contributed by atoms with Crippen molar-refractivity contribution in [3.63, 3.8) is 0 Å². The van der Waals surface area contributed by atoms with Gasteiger partial charge in [-0.05, 0) is 67.6 Å². The van der Waals surface area contributed by atoms with Crippen molar-refractivity contribution in [2.45, 2.75) is 64.8 Å². The van der Waals surface area contributed by atoms with E-state index in [9.17, 15) is 18.0 Å². The van der Waals surface area contributed by atoms with Crippen LogP contribution < -0.4 is 9.62 Å². The van der Waals surface area contributed by atoms with Crippen LogP contribution in [-0.4, -0.2) is 69.8 Å². The van der Waals surface area contributed by atoms with Crippen molar-refractivity contribution in [1.29, 1.82) is 0 Å². The molecule has 220 valence electrons. The van der Waals surface area contributed by atoms with E-state index in [0.29, 0.717) is 44.8 Å². The van der Waals surface area contributed by atoms with E-state index in [1.165, 1.54) is 7.05 Å². The van der Waals surface area contributed by atoms with Gasteiger partial charge in [-0.2, -0.15) is 0 Å². The Morgan fingerprint density at radius 1 is 0.875 bits per heavy atom. The van der Waals surface area contributed by atoms with Gasteiger partial charge >= 0.3 is 0 Å². The Morgan fingerprint density at radius 3 is 2.23 bits per heavy atom.